The Bertz CT molecular complexity index is 301. The third kappa shape index (κ3) is 4.57. The molecule has 0 amide bonds. The van der Waals surface area contributed by atoms with Crippen LogP contribution in [0.4, 0.5) is 13.2 Å². The fraction of sp³-hybridized carbons (Fsp3) is 0.333. The van der Waals surface area contributed by atoms with Crippen LogP contribution in [0, 0.1) is 0 Å². The van der Waals surface area contributed by atoms with Crippen LogP contribution in [-0.4, -0.2) is 6.54 Å². The van der Waals surface area contributed by atoms with E-state index in [0.29, 0.717) is 5.56 Å². The highest BCUT2D eigenvalue weighted by Gasteiger charge is 2.30. The van der Waals surface area contributed by atoms with Gasteiger partial charge in [-0.15, -0.1) is 24.8 Å². The Hall–Kier alpha value is -0.490. The van der Waals surface area contributed by atoms with Gasteiger partial charge >= 0.3 is 6.18 Å². The van der Waals surface area contributed by atoms with Crippen molar-refractivity contribution >= 4 is 24.8 Å². The Labute approximate surface area is 104 Å². The lowest BCUT2D eigenvalue weighted by Gasteiger charge is -2.11. The Kier molecular flexibility index (Phi) is 7.78. The number of alkyl halides is 3. The molecule has 0 radical (unpaired) electrons. The van der Waals surface area contributed by atoms with E-state index in [1.54, 1.807) is 0 Å². The summed E-state index contributed by atoms with van der Waals surface area (Å²) in [5, 5.41) is 0. The average Bonchev–Trinajstić information content (AvgIpc) is 2.15. The number of benzene rings is 1. The second-order valence-corrected chi connectivity index (χ2v) is 2.96. The summed E-state index contributed by atoms with van der Waals surface area (Å²) in [4.78, 5) is 0. The zero-order valence-corrected chi connectivity index (χ0v) is 9.83. The first-order valence-corrected chi connectivity index (χ1v) is 4.08. The average molecular weight is 277 g/mol. The second-order valence-electron chi connectivity index (χ2n) is 2.96. The van der Waals surface area contributed by atoms with Gasteiger partial charge in [0.1, 0.15) is 0 Å². The van der Waals surface area contributed by atoms with E-state index in [4.69, 9.17) is 11.5 Å². The third-order valence-corrected chi connectivity index (χ3v) is 1.92. The van der Waals surface area contributed by atoms with E-state index in [1.807, 2.05) is 0 Å². The molecule has 0 aromatic heterocycles. The first-order chi connectivity index (χ1) is 6.45. The molecule has 4 N–H and O–H groups in total. The van der Waals surface area contributed by atoms with Gasteiger partial charge in [-0.1, -0.05) is 12.1 Å². The molecule has 1 aromatic rings. The molecule has 1 aromatic carbocycles. The molecule has 0 heterocycles. The van der Waals surface area contributed by atoms with Crippen LogP contribution < -0.4 is 11.5 Å². The summed E-state index contributed by atoms with van der Waals surface area (Å²) in [6.45, 7) is 0.214. The van der Waals surface area contributed by atoms with Crippen LogP contribution in [0.2, 0.25) is 0 Å². The topological polar surface area (TPSA) is 52.0 Å². The van der Waals surface area contributed by atoms with Gasteiger partial charge in [-0.25, -0.2) is 0 Å². The van der Waals surface area contributed by atoms with Crippen LogP contribution >= 0.6 is 24.8 Å². The smallest absolute Gasteiger partial charge is 0.329 e. The number of nitrogens with two attached hydrogens (primary N) is 2. The number of hydrogen-bond acceptors (Lipinski definition) is 2. The van der Waals surface area contributed by atoms with Crippen LogP contribution in [0.1, 0.15) is 17.2 Å². The second kappa shape index (κ2) is 6.96. The highest BCUT2D eigenvalue weighted by molar-refractivity contribution is 5.85. The maximum absolute atomic E-state index is 12.1. The Morgan fingerprint density at radius 2 is 1.50 bits per heavy atom. The van der Waals surface area contributed by atoms with Crippen molar-refractivity contribution in [3.05, 3.63) is 35.4 Å². The van der Waals surface area contributed by atoms with E-state index in [2.05, 4.69) is 0 Å². The monoisotopic (exact) mass is 276 g/mol. The molecule has 1 atom stereocenters. The van der Waals surface area contributed by atoms with Crippen LogP contribution in [-0.2, 0) is 6.18 Å². The summed E-state index contributed by atoms with van der Waals surface area (Å²) in [6.07, 6.45) is -4.30. The maximum atomic E-state index is 12.1. The van der Waals surface area contributed by atoms with Gasteiger partial charge in [-0.05, 0) is 17.7 Å². The molecule has 94 valence electrons. The lowest BCUT2D eigenvalue weighted by Crippen LogP contribution is -2.20. The van der Waals surface area contributed by atoms with Crippen LogP contribution in [0.5, 0.6) is 0 Å². The maximum Gasteiger partial charge on any atom is 0.416 e. The normalized spacial score (nSPS) is 12.3. The molecule has 0 aliphatic rings. The molecule has 2 nitrogen and oxygen atoms in total. The predicted octanol–water partition coefficient (Wildman–Crippen LogP) is 2.51. The molecule has 0 aliphatic heterocycles. The molecule has 7 heteroatoms. The Morgan fingerprint density at radius 3 is 1.81 bits per heavy atom. The summed E-state index contributed by atoms with van der Waals surface area (Å²) in [6, 6.07) is 4.30. The molecular formula is C9H13Cl2F3N2. The van der Waals surface area contributed by atoms with E-state index in [-0.39, 0.29) is 31.4 Å². The van der Waals surface area contributed by atoms with E-state index in [9.17, 15) is 13.2 Å². The minimum atomic E-state index is -4.30. The van der Waals surface area contributed by atoms with Gasteiger partial charge < -0.3 is 11.5 Å². The minimum Gasteiger partial charge on any atom is -0.329 e. The molecule has 0 bridgehead atoms. The van der Waals surface area contributed by atoms with Crippen molar-refractivity contribution in [2.75, 3.05) is 6.54 Å². The quantitative estimate of drug-likeness (QED) is 0.872. The number of hydrogen-bond donors (Lipinski definition) is 2. The molecule has 16 heavy (non-hydrogen) atoms. The molecule has 0 spiro atoms. The van der Waals surface area contributed by atoms with Gasteiger partial charge in [-0.2, -0.15) is 13.2 Å². The van der Waals surface area contributed by atoms with E-state index >= 15 is 0 Å². The highest BCUT2D eigenvalue weighted by Crippen LogP contribution is 2.29. The molecule has 1 rings (SSSR count). The van der Waals surface area contributed by atoms with Crippen molar-refractivity contribution in [3.63, 3.8) is 0 Å². The summed E-state index contributed by atoms with van der Waals surface area (Å²) in [7, 11) is 0. The van der Waals surface area contributed by atoms with Crippen LogP contribution in [0.15, 0.2) is 24.3 Å². The summed E-state index contributed by atoms with van der Waals surface area (Å²) >= 11 is 0. The van der Waals surface area contributed by atoms with Crippen molar-refractivity contribution in [3.8, 4) is 0 Å². The molecule has 0 aliphatic carbocycles. The minimum absolute atomic E-state index is 0. The fourth-order valence-electron chi connectivity index (χ4n) is 1.06. The summed E-state index contributed by atoms with van der Waals surface area (Å²) in [5.74, 6) is 0. The zero-order chi connectivity index (χ0) is 10.8. The van der Waals surface area contributed by atoms with Crippen molar-refractivity contribution in [1.82, 2.24) is 0 Å². The summed E-state index contributed by atoms with van der Waals surface area (Å²) in [5.41, 5.74) is 10.8. The van der Waals surface area contributed by atoms with Crippen molar-refractivity contribution < 1.29 is 13.2 Å². The largest absolute Gasteiger partial charge is 0.416 e. The lowest BCUT2D eigenvalue weighted by molar-refractivity contribution is -0.137. The Morgan fingerprint density at radius 1 is 1.06 bits per heavy atom. The first kappa shape index (κ1) is 17.9. The van der Waals surface area contributed by atoms with E-state index < -0.39 is 17.8 Å². The number of halogens is 5. The summed E-state index contributed by atoms with van der Waals surface area (Å²) < 4.78 is 36.4. The number of rotatable bonds is 2. The van der Waals surface area contributed by atoms with Crippen molar-refractivity contribution in [2.24, 2.45) is 11.5 Å². The molecule has 0 fully saturated rings. The third-order valence-electron chi connectivity index (χ3n) is 1.92. The molecule has 0 saturated carbocycles. The van der Waals surface area contributed by atoms with Gasteiger partial charge in [-0.3, -0.25) is 0 Å². The molecule has 0 saturated heterocycles. The SMILES string of the molecule is Cl.Cl.NCC(N)c1ccc(C(F)(F)F)cc1. The van der Waals surface area contributed by atoms with E-state index in [1.165, 1.54) is 12.1 Å². The highest BCUT2D eigenvalue weighted by atomic mass is 35.5. The fourth-order valence-corrected chi connectivity index (χ4v) is 1.06. The Balaban J connectivity index is 0. The van der Waals surface area contributed by atoms with Crippen molar-refractivity contribution in [2.45, 2.75) is 12.2 Å². The van der Waals surface area contributed by atoms with Crippen LogP contribution in [0.3, 0.4) is 0 Å². The van der Waals surface area contributed by atoms with Gasteiger partial charge in [0.05, 0.1) is 5.56 Å². The van der Waals surface area contributed by atoms with Gasteiger partial charge in [0, 0.05) is 12.6 Å². The lowest BCUT2D eigenvalue weighted by atomic mass is 10.1. The molecular weight excluding hydrogens is 264 g/mol. The van der Waals surface area contributed by atoms with E-state index in [0.717, 1.165) is 12.1 Å². The van der Waals surface area contributed by atoms with Gasteiger partial charge in [0.2, 0.25) is 0 Å². The van der Waals surface area contributed by atoms with Crippen molar-refractivity contribution in [1.29, 1.82) is 0 Å². The van der Waals surface area contributed by atoms with Gasteiger partial charge in [0.25, 0.3) is 0 Å². The van der Waals surface area contributed by atoms with Gasteiger partial charge in [0.15, 0.2) is 0 Å². The zero-order valence-electron chi connectivity index (χ0n) is 8.20. The molecule has 1 unspecified atom stereocenters. The predicted molar refractivity (Wildman–Crippen MR) is 61.9 cm³/mol. The van der Waals surface area contributed by atoms with Crippen LogP contribution in [0.25, 0.3) is 0 Å². The standard InChI is InChI=1S/C9H11F3N2.2ClH/c10-9(11,12)7-3-1-6(2-4-7)8(14)5-13;;/h1-4,8H,5,13-14H2;2*1H. The first-order valence-electron chi connectivity index (χ1n) is 4.08.